The molecule has 31 heavy (non-hydrogen) atoms. The molecule has 3 aromatic carbocycles. The van der Waals surface area contributed by atoms with Gasteiger partial charge in [-0.2, -0.15) is 0 Å². The van der Waals surface area contributed by atoms with Gasteiger partial charge in [-0.25, -0.2) is 8.78 Å². The molecule has 1 aromatic heterocycles. The normalized spacial score (nSPS) is 15.5. The lowest BCUT2D eigenvalue weighted by atomic mass is 9.98. The molecule has 2 heterocycles. The van der Waals surface area contributed by atoms with Gasteiger partial charge in [0.05, 0.1) is 17.0 Å². The summed E-state index contributed by atoms with van der Waals surface area (Å²) in [6.07, 6.45) is 0. The fourth-order valence-electron chi connectivity index (χ4n) is 3.95. The Morgan fingerprint density at radius 1 is 0.903 bits per heavy atom. The first-order valence-corrected chi connectivity index (χ1v) is 9.53. The van der Waals surface area contributed by atoms with Crippen LogP contribution in [0.1, 0.15) is 33.3 Å². The zero-order valence-corrected chi connectivity index (χ0v) is 16.0. The fourth-order valence-corrected chi connectivity index (χ4v) is 3.95. The smallest absolute Gasteiger partial charge is 0.291 e. The molecule has 0 fully saturated rings. The van der Waals surface area contributed by atoms with E-state index in [0.717, 1.165) is 12.1 Å². The van der Waals surface area contributed by atoms with Crippen molar-refractivity contribution in [3.05, 3.63) is 111 Å². The van der Waals surface area contributed by atoms with Crippen LogP contribution in [-0.4, -0.2) is 15.9 Å². The molecule has 0 bridgehead atoms. The number of benzene rings is 3. The number of rotatable bonds is 3. The van der Waals surface area contributed by atoms with Crippen LogP contribution in [0.2, 0.25) is 0 Å². The van der Waals surface area contributed by atoms with Crippen LogP contribution in [0.3, 0.4) is 0 Å². The highest BCUT2D eigenvalue weighted by Crippen LogP contribution is 2.39. The van der Waals surface area contributed by atoms with Gasteiger partial charge in [0.2, 0.25) is 5.76 Å². The fraction of sp³-hybridized carbons (Fsp3) is 0.0833. The van der Waals surface area contributed by atoms with E-state index in [0.29, 0.717) is 11.1 Å². The van der Waals surface area contributed by atoms with E-state index in [-0.39, 0.29) is 34.6 Å². The second-order valence-electron chi connectivity index (χ2n) is 7.37. The van der Waals surface area contributed by atoms with Crippen molar-refractivity contribution in [2.24, 2.45) is 0 Å². The van der Waals surface area contributed by atoms with Crippen molar-refractivity contribution >= 4 is 16.9 Å². The number of carbonyl (C=O) groups is 1. The Balaban J connectivity index is 1.72. The molecule has 5 nitrogen and oxygen atoms in total. The van der Waals surface area contributed by atoms with Crippen molar-refractivity contribution in [1.29, 1.82) is 0 Å². The molecule has 1 atom stereocenters. The SMILES string of the molecule is O=C1c2oc3ccc(F)cc3c(=O)c2[C@H](c2ccc(O)cc2)N1Cc1ccc(F)cc1. The Labute approximate surface area is 174 Å². The molecule has 0 radical (unpaired) electrons. The van der Waals surface area contributed by atoms with E-state index in [1.54, 1.807) is 24.3 Å². The molecule has 1 aliphatic rings. The first-order valence-electron chi connectivity index (χ1n) is 9.53. The summed E-state index contributed by atoms with van der Waals surface area (Å²) in [5.41, 5.74) is 0.968. The first kappa shape index (κ1) is 19.0. The monoisotopic (exact) mass is 419 g/mol. The number of nitrogens with zero attached hydrogens (tertiary/aromatic N) is 1. The van der Waals surface area contributed by atoms with Crippen molar-refractivity contribution in [3.63, 3.8) is 0 Å². The highest BCUT2D eigenvalue weighted by Gasteiger charge is 2.42. The van der Waals surface area contributed by atoms with Gasteiger partial charge in [0.1, 0.15) is 23.0 Å². The summed E-state index contributed by atoms with van der Waals surface area (Å²) < 4.78 is 32.9. The average Bonchev–Trinajstić information content (AvgIpc) is 3.03. The van der Waals surface area contributed by atoms with E-state index < -0.39 is 29.0 Å². The number of phenolic OH excluding ortho intramolecular Hbond substituents is 1. The lowest BCUT2D eigenvalue weighted by molar-refractivity contribution is 0.0714. The molecule has 0 unspecified atom stereocenters. The summed E-state index contributed by atoms with van der Waals surface area (Å²) in [7, 11) is 0. The van der Waals surface area contributed by atoms with Gasteiger partial charge in [-0.05, 0) is 53.6 Å². The lowest BCUT2D eigenvalue weighted by Crippen LogP contribution is -2.29. The van der Waals surface area contributed by atoms with Crippen molar-refractivity contribution in [3.8, 4) is 5.75 Å². The van der Waals surface area contributed by atoms with Crippen LogP contribution in [-0.2, 0) is 6.54 Å². The van der Waals surface area contributed by atoms with Gasteiger partial charge < -0.3 is 14.4 Å². The maximum atomic E-state index is 13.8. The summed E-state index contributed by atoms with van der Waals surface area (Å²) in [5.74, 6) is -1.57. The number of halogens is 2. The molecule has 1 aliphatic heterocycles. The molecule has 0 aliphatic carbocycles. The molecule has 154 valence electrons. The molecule has 7 heteroatoms. The molecule has 0 spiro atoms. The summed E-state index contributed by atoms with van der Waals surface area (Å²) in [4.78, 5) is 28.0. The topological polar surface area (TPSA) is 70.8 Å². The van der Waals surface area contributed by atoms with Crippen LogP contribution >= 0.6 is 0 Å². The third-order valence-corrected chi connectivity index (χ3v) is 5.40. The molecule has 1 amide bonds. The van der Waals surface area contributed by atoms with Crippen molar-refractivity contribution in [2.45, 2.75) is 12.6 Å². The van der Waals surface area contributed by atoms with Gasteiger partial charge in [0.15, 0.2) is 5.43 Å². The minimum absolute atomic E-state index is 0.0333. The average molecular weight is 419 g/mol. The van der Waals surface area contributed by atoms with Gasteiger partial charge >= 0.3 is 0 Å². The lowest BCUT2D eigenvalue weighted by Gasteiger charge is -2.25. The van der Waals surface area contributed by atoms with E-state index in [9.17, 15) is 23.5 Å². The zero-order chi connectivity index (χ0) is 21.7. The van der Waals surface area contributed by atoms with Crippen molar-refractivity contribution in [2.75, 3.05) is 0 Å². The molecule has 5 rings (SSSR count). The van der Waals surface area contributed by atoms with E-state index >= 15 is 0 Å². The second kappa shape index (κ2) is 7.05. The van der Waals surface area contributed by atoms with Gasteiger partial charge in [-0.1, -0.05) is 24.3 Å². The minimum Gasteiger partial charge on any atom is -0.508 e. The Hall–Kier alpha value is -4.00. The second-order valence-corrected chi connectivity index (χ2v) is 7.37. The van der Waals surface area contributed by atoms with Gasteiger partial charge in [0.25, 0.3) is 5.91 Å². The third kappa shape index (κ3) is 3.15. The molecular formula is C24H15F2NO4. The van der Waals surface area contributed by atoms with Crippen molar-refractivity contribution in [1.82, 2.24) is 4.90 Å². The molecule has 1 N–H and O–H groups in total. The Kier molecular flexibility index (Phi) is 4.32. The number of phenols is 1. The Morgan fingerprint density at radius 3 is 2.29 bits per heavy atom. The van der Waals surface area contributed by atoms with Crippen LogP contribution in [0.4, 0.5) is 8.78 Å². The number of hydrogen-bond acceptors (Lipinski definition) is 4. The standard InChI is InChI=1S/C24H15F2NO4/c25-15-5-1-13(2-6-15)12-27-21(14-3-8-17(28)9-4-14)20-22(29)18-11-16(26)7-10-19(18)31-23(20)24(27)30/h1-11,21,28H,12H2/t21-/m0/s1. The quantitative estimate of drug-likeness (QED) is 0.530. The number of aromatic hydroxyl groups is 1. The van der Waals surface area contributed by atoms with Gasteiger partial charge in [-0.15, -0.1) is 0 Å². The van der Waals surface area contributed by atoms with Crippen LogP contribution in [0.25, 0.3) is 11.0 Å². The van der Waals surface area contributed by atoms with E-state index in [4.69, 9.17) is 4.42 Å². The Morgan fingerprint density at radius 2 is 1.58 bits per heavy atom. The minimum atomic E-state index is -0.808. The third-order valence-electron chi connectivity index (χ3n) is 5.40. The van der Waals surface area contributed by atoms with Crippen LogP contribution in [0.5, 0.6) is 5.75 Å². The maximum absolute atomic E-state index is 13.8. The van der Waals surface area contributed by atoms with Crippen LogP contribution in [0.15, 0.2) is 75.9 Å². The van der Waals surface area contributed by atoms with E-state index in [2.05, 4.69) is 0 Å². The summed E-state index contributed by atoms with van der Waals surface area (Å²) in [5, 5.41) is 9.70. The van der Waals surface area contributed by atoms with E-state index in [1.165, 1.54) is 35.2 Å². The van der Waals surface area contributed by atoms with Crippen LogP contribution in [0, 0.1) is 11.6 Å². The molecule has 0 saturated carbocycles. The molecule has 4 aromatic rings. The summed E-state index contributed by atoms with van der Waals surface area (Å²) in [6.45, 7) is 0.0962. The molecule has 0 saturated heterocycles. The highest BCUT2D eigenvalue weighted by molar-refractivity contribution is 5.99. The van der Waals surface area contributed by atoms with E-state index in [1.807, 2.05) is 0 Å². The first-order chi connectivity index (χ1) is 14.9. The maximum Gasteiger partial charge on any atom is 0.291 e. The van der Waals surface area contributed by atoms with Crippen molar-refractivity contribution < 1.29 is 23.1 Å². The highest BCUT2D eigenvalue weighted by atomic mass is 19.1. The molecular weight excluding hydrogens is 404 g/mol. The summed E-state index contributed by atoms with van der Waals surface area (Å²) >= 11 is 0. The number of amides is 1. The Bertz CT molecular complexity index is 1380. The number of fused-ring (bicyclic) bond motifs is 2. The summed E-state index contributed by atoms with van der Waals surface area (Å²) in [6, 6.07) is 14.6. The largest absolute Gasteiger partial charge is 0.508 e. The predicted octanol–water partition coefficient (Wildman–Crippen LogP) is 4.52. The van der Waals surface area contributed by atoms with Gasteiger partial charge in [-0.3, -0.25) is 9.59 Å². The van der Waals surface area contributed by atoms with Crippen LogP contribution < -0.4 is 5.43 Å². The predicted molar refractivity (Wildman–Crippen MR) is 109 cm³/mol. The number of hydrogen-bond donors (Lipinski definition) is 1. The number of carbonyl (C=O) groups excluding carboxylic acids is 1. The van der Waals surface area contributed by atoms with Gasteiger partial charge in [0, 0.05) is 6.54 Å². The zero-order valence-electron chi connectivity index (χ0n) is 16.0.